The maximum absolute atomic E-state index is 12.8. The number of nitriles is 1. The number of carbonyl (C=O) groups is 1. The van der Waals surface area contributed by atoms with Gasteiger partial charge in [-0.25, -0.2) is 0 Å². The first-order valence-electron chi connectivity index (χ1n) is 13.8. The van der Waals surface area contributed by atoms with Crippen molar-refractivity contribution in [2.75, 3.05) is 24.5 Å². The van der Waals surface area contributed by atoms with E-state index >= 15 is 0 Å². The molecule has 0 saturated carbocycles. The molecule has 0 bridgehead atoms. The highest BCUT2D eigenvalue weighted by molar-refractivity contribution is 6.01. The number of nitrogens with zero attached hydrogens (tertiary/aromatic N) is 3. The molecule has 5 rings (SSSR count). The second kappa shape index (κ2) is 11.8. The number of fused-ring (bicyclic) bond motifs is 1. The van der Waals surface area contributed by atoms with Crippen LogP contribution in [0.4, 0.5) is 5.69 Å². The summed E-state index contributed by atoms with van der Waals surface area (Å²) >= 11 is 0. The summed E-state index contributed by atoms with van der Waals surface area (Å²) in [4.78, 5) is 15.2. The van der Waals surface area contributed by atoms with Crippen molar-refractivity contribution in [1.82, 2.24) is 9.88 Å². The molecule has 1 unspecified atom stereocenters. The number of hydrogen-bond donors (Lipinski definition) is 4. The quantitative estimate of drug-likeness (QED) is 0.277. The molecule has 9 heteroatoms. The molecule has 5 atom stereocenters. The van der Waals surface area contributed by atoms with Crippen LogP contribution in [0.25, 0.3) is 28.1 Å². The minimum atomic E-state index is -1.28. The fraction of sp³-hybridized carbons (Fsp3) is 0.419. The zero-order valence-electron chi connectivity index (χ0n) is 22.8. The summed E-state index contributed by atoms with van der Waals surface area (Å²) in [5.74, 6) is -1.30. The van der Waals surface area contributed by atoms with Gasteiger partial charge in [0, 0.05) is 49.7 Å². The van der Waals surface area contributed by atoms with Crippen LogP contribution in [0.3, 0.4) is 0 Å². The second-order valence-electron chi connectivity index (χ2n) is 10.8. The van der Waals surface area contributed by atoms with Crippen molar-refractivity contribution in [1.29, 1.82) is 5.26 Å². The number of carbonyl (C=O) groups excluding carboxylic acids is 1. The fourth-order valence-electron chi connectivity index (χ4n) is 5.54. The summed E-state index contributed by atoms with van der Waals surface area (Å²) in [6, 6.07) is 18.7. The molecule has 3 aromatic rings. The van der Waals surface area contributed by atoms with Crippen LogP contribution in [0, 0.1) is 17.2 Å². The Bertz CT molecular complexity index is 1450. The lowest BCUT2D eigenvalue weighted by Crippen LogP contribution is -2.56. The van der Waals surface area contributed by atoms with Crippen molar-refractivity contribution >= 4 is 28.4 Å². The Morgan fingerprint density at radius 1 is 1.05 bits per heavy atom. The van der Waals surface area contributed by atoms with Crippen molar-refractivity contribution in [3.05, 3.63) is 59.8 Å². The van der Waals surface area contributed by atoms with Gasteiger partial charge in [-0.15, -0.1) is 0 Å². The number of piperidine rings is 1. The number of hydrogen-bond acceptors (Lipinski definition) is 7. The largest absolute Gasteiger partial charge is 0.390 e. The predicted molar refractivity (Wildman–Crippen MR) is 153 cm³/mol. The van der Waals surface area contributed by atoms with Gasteiger partial charge in [-0.2, -0.15) is 5.26 Å². The molecule has 1 aromatic heterocycles. The Kier molecular flexibility index (Phi) is 8.24. The number of nitrogens with one attached hydrogen (secondary N) is 1. The maximum Gasteiger partial charge on any atom is 0.262 e. The number of aliphatic hydroxyl groups excluding tert-OH is 3. The highest BCUT2D eigenvalue weighted by Gasteiger charge is 2.41. The molecule has 3 heterocycles. The first-order chi connectivity index (χ1) is 19.3. The van der Waals surface area contributed by atoms with Gasteiger partial charge < -0.3 is 34.8 Å². The van der Waals surface area contributed by atoms with E-state index < -0.39 is 36.4 Å². The zero-order chi connectivity index (χ0) is 28.4. The Labute approximate surface area is 233 Å². The lowest BCUT2D eigenvalue weighted by atomic mass is 9.92. The van der Waals surface area contributed by atoms with Crippen molar-refractivity contribution in [3.8, 4) is 17.3 Å². The normalized spacial score (nSPS) is 25.6. The monoisotopic (exact) mass is 544 g/mol. The SMILES string of the molecule is C[C@H]1C(O)O[C@H](CNC(=O)/C(C#N)=C/c2ccc(-c3ccc4cc(N5CCCCC5)ccc4c3)n2C)[C@@H](O)[C@@H]1O. The first kappa shape index (κ1) is 27.9. The molecule has 2 saturated heterocycles. The molecule has 9 nitrogen and oxygen atoms in total. The van der Waals surface area contributed by atoms with Gasteiger partial charge in [-0.05, 0) is 72.0 Å². The van der Waals surface area contributed by atoms with Gasteiger partial charge in [0.15, 0.2) is 6.29 Å². The number of anilines is 1. The Morgan fingerprint density at radius 3 is 2.52 bits per heavy atom. The smallest absolute Gasteiger partial charge is 0.262 e. The highest BCUT2D eigenvalue weighted by Crippen LogP contribution is 2.30. The molecule has 2 aliphatic rings. The molecule has 210 valence electrons. The maximum atomic E-state index is 12.8. The zero-order valence-corrected chi connectivity index (χ0v) is 22.8. The number of benzene rings is 2. The van der Waals surface area contributed by atoms with Crippen LogP contribution >= 0.6 is 0 Å². The first-order valence-corrected chi connectivity index (χ1v) is 13.8. The van der Waals surface area contributed by atoms with Gasteiger partial charge in [0.05, 0.1) is 6.10 Å². The second-order valence-corrected chi connectivity index (χ2v) is 10.8. The van der Waals surface area contributed by atoms with Crippen LogP contribution in [0.2, 0.25) is 0 Å². The number of ether oxygens (including phenoxy) is 1. The van der Waals surface area contributed by atoms with Gasteiger partial charge >= 0.3 is 0 Å². The number of aromatic nitrogens is 1. The molecule has 1 amide bonds. The molecular formula is C31H36N4O5. The Hall–Kier alpha value is -3.68. The van der Waals surface area contributed by atoms with E-state index in [1.165, 1.54) is 36.4 Å². The van der Waals surface area contributed by atoms with E-state index in [0.29, 0.717) is 5.69 Å². The van der Waals surface area contributed by atoms with Crippen molar-refractivity contribution in [3.63, 3.8) is 0 Å². The predicted octanol–water partition coefficient (Wildman–Crippen LogP) is 2.93. The van der Waals surface area contributed by atoms with Crippen LogP contribution in [0.15, 0.2) is 54.1 Å². The lowest BCUT2D eigenvalue weighted by Gasteiger charge is -2.39. The molecule has 0 aliphatic carbocycles. The van der Waals surface area contributed by atoms with Crippen LogP contribution in [0.1, 0.15) is 31.9 Å². The topological polar surface area (TPSA) is 131 Å². The minimum Gasteiger partial charge on any atom is -0.390 e. The van der Waals surface area contributed by atoms with Crippen molar-refractivity contribution in [2.24, 2.45) is 13.0 Å². The number of aliphatic hydroxyl groups is 3. The molecule has 0 radical (unpaired) electrons. The third kappa shape index (κ3) is 5.62. The average Bonchev–Trinajstić information content (AvgIpc) is 3.35. The average molecular weight is 545 g/mol. The van der Waals surface area contributed by atoms with Crippen LogP contribution < -0.4 is 10.2 Å². The molecule has 2 fully saturated rings. The van der Waals surface area contributed by atoms with Gasteiger partial charge in [0.1, 0.15) is 23.9 Å². The van der Waals surface area contributed by atoms with Gasteiger partial charge in [0.2, 0.25) is 0 Å². The van der Waals surface area contributed by atoms with Crippen LogP contribution in [0.5, 0.6) is 0 Å². The summed E-state index contributed by atoms with van der Waals surface area (Å²) in [6.07, 6.45) is 0.554. The lowest BCUT2D eigenvalue weighted by molar-refractivity contribution is -0.258. The van der Waals surface area contributed by atoms with Gasteiger partial charge in [0.25, 0.3) is 5.91 Å². The third-order valence-corrected chi connectivity index (χ3v) is 8.16. The van der Waals surface area contributed by atoms with Crippen molar-refractivity contribution < 1.29 is 24.9 Å². The summed E-state index contributed by atoms with van der Waals surface area (Å²) < 4.78 is 7.25. The van der Waals surface area contributed by atoms with E-state index in [9.17, 15) is 25.4 Å². The molecule has 4 N–H and O–H groups in total. The van der Waals surface area contributed by atoms with E-state index in [2.05, 4.69) is 46.6 Å². The van der Waals surface area contributed by atoms with E-state index in [1.54, 1.807) is 6.92 Å². The van der Waals surface area contributed by atoms with Crippen molar-refractivity contribution in [2.45, 2.75) is 50.8 Å². The van der Waals surface area contributed by atoms with Gasteiger partial charge in [-0.1, -0.05) is 25.1 Å². The molecule has 2 aliphatic heterocycles. The third-order valence-electron chi connectivity index (χ3n) is 8.16. The van der Waals surface area contributed by atoms with Gasteiger partial charge in [-0.3, -0.25) is 4.79 Å². The molecular weight excluding hydrogens is 508 g/mol. The minimum absolute atomic E-state index is 0.115. The summed E-state index contributed by atoms with van der Waals surface area (Å²) in [7, 11) is 1.88. The highest BCUT2D eigenvalue weighted by atomic mass is 16.6. The van der Waals surface area contributed by atoms with E-state index in [1.807, 2.05) is 29.8 Å². The van der Waals surface area contributed by atoms with E-state index in [0.717, 1.165) is 29.7 Å². The summed E-state index contributed by atoms with van der Waals surface area (Å²) in [6.45, 7) is 3.60. The number of amides is 1. The molecule has 2 aromatic carbocycles. The summed E-state index contributed by atoms with van der Waals surface area (Å²) in [5.41, 5.74) is 3.80. The Morgan fingerprint density at radius 2 is 1.77 bits per heavy atom. The number of rotatable bonds is 6. The van der Waals surface area contributed by atoms with Crippen LogP contribution in [-0.4, -0.2) is 70.0 Å². The van der Waals surface area contributed by atoms with Crippen LogP contribution in [-0.2, 0) is 16.6 Å². The Balaban J connectivity index is 1.30. The standard InChI is InChI=1S/C31H36N4O5/c1-19-28(36)29(37)27(40-31(19)39)18-33-30(38)23(17-32)16-24-10-11-26(34(24)2)22-7-6-21-15-25(9-8-20(21)14-22)35-12-4-3-5-13-35/h6-11,14-16,19,27-29,31,36-37,39H,3-5,12-13,18H2,1-2H3,(H,33,38)/b23-16+/t19-,27-,28-,29-,31?/m1/s1. The molecule has 0 spiro atoms. The van der Waals surface area contributed by atoms with E-state index in [4.69, 9.17) is 4.74 Å². The fourth-order valence-corrected chi connectivity index (χ4v) is 5.54. The summed E-state index contributed by atoms with van der Waals surface area (Å²) in [5, 5.41) is 44.8. The van der Waals surface area contributed by atoms with E-state index in [-0.39, 0.29) is 12.1 Å². The molecule has 40 heavy (non-hydrogen) atoms.